The van der Waals surface area contributed by atoms with Crippen LogP contribution in [0.3, 0.4) is 0 Å². The van der Waals surface area contributed by atoms with E-state index in [2.05, 4.69) is 55.2 Å². The normalized spacial score (nSPS) is 11.5. The molecule has 32 heavy (non-hydrogen) atoms. The Morgan fingerprint density at radius 2 is 1.56 bits per heavy atom. The standard InChI is InChI=1S/C27H27N3OS/c1-18-11-16-23(19(2)17-18)25(31)32-26-29-28-24(30(26)22-9-7-6-8-10-22)20-12-14-21(15-13-20)27(3,4)5/h6-17H,1-5H3. The molecule has 162 valence electrons. The Kier molecular flexibility index (Phi) is 6.02. The topological polar surface area (TPSA) is 47.8 Å². The Morgan fingerprint density at radius 1 is 0.875 bits per heavy atom. The Hall–Kier alpha value is -3.18. The van der Waals surface area contributed by atoms with E-state index in [0.29, 0.717) is 16.5 Å². The highest BCUT2D eigenvalue weighted by Gasteiger charge is 2.21. The SMILES string of the molecule is Cc1ccc(C(=O)Sc2nnc(-c3ccc(C(C)(C)C)cc3)n2-c2ccccc2)c(C)c1. The molecule has 0 saturated carbocycles. The number of aromatic nitrogens is 3. The molecule has 0 unspecified atom stereocenters. The van der Waals surface area contributed by atoms with E-state index < -0.39 is 0 Å². The van der Waals surface area contributed by atoms with Crippen molar-refractivity contribution in [3.63, 3.8) is 0 Å². The highest BCUT2D eigenvalue weighted by atomic mass is 32.2. The van der Waals surface area contributed by atoms with Gasteiger partial charge in [-0.2, -0.15) is 0 Å². The largest absolute Gasteiger partial charge is 0.281 e. The molecule has 1 aromatic heterocycles. The first-order chi connectivity index (χ1) is 15.2. The van der Waals surface area contributed by atoms with Gasteiger partial charge in [-0.15, -0.1) is 10.2 Å². The van der Waals surface area contributed by atoms with E-state index in [-0.39, 0.29) is 10.5 Å². The van der Waals surface area contributed by atoms with Gasteiger partial charge in [0.1, 0.15) is 0 Å². The van der Waals surface area contributed by atoms with Crippen LogP contribution in [0.2, 0.25) is 0 Å². The molecule has 0 atom stereocenters. The van der Waals surface area contributed by atoms with E-state index in [1.807, 2.05) is 66.9 Å². The van der Waals surface area contributed by atoms with E-state index in [1.54, 1.807) is 0 Å². The van der Waals surface area contributed by atoms with Gasteiger partial charge in [-0.25, -0.2) is 0 Å². The molecule has 4 nitrogen and oxygen atoms in total. The lowest BCUT2D eigenvalue weighted by Crippen LogP contribution is -2.10. The van der Waals surface area contributed by atoms with Gasteiger partial charge in [-0.1, -0.05) is 80.9 Å². The van der Waals surface area contributed by atoms with Gasteiger partial charge < -0.3 is 0 Å². The van der Waals surface area contributed by atoms with Crippen LogP contribution in [0.15, 0.2) is 78.0 Å². The van der Waals surface area contributed by atoms with Crippen molar-refractivity contribution in [2.45, 2.75) is 45.2 Å². The third-order valence-electron chi connectivity index (χ3n) is 5.44. The van der Waals surface area contributed by atoms with Crippen LogP contribution in [0.5, 0.6) is 0 Å². The van der Waals surface area contributed by atoms with Gasteiger partial charge in [0.15, 0.2) is 5.82 Å². The summed E-state index contributed by atoms with van der Waals surface area (Å²) in [6.07, 6.45) is 0. The average molecular weight is 442 g/mol. The molecular weight excluding hydrogens is 414 g/mol. The lowest BCUT2D eigenvalue weighted by Gasteiger charge is -2.19. The summed E-state index contributed by atoms with van der Waals surface area (Å²) in [5.41, 5.74) is 6.00. The molecule has 0 saturated heterocycles. The fourth-order valence-corrected chi connectivity index (χ4v) is 4.50. The quantitative estimate of drug-likeness (QED) is 0.328. The van der Waals surface area contributed by atoms with Crippen molar-refractivity contribution in [1.29, 1.82) is 0 Å². The zero-order valence-corrected chi connectivity index (χ0v) is 19.9. The van der Waals surface area contributed by atoms with Gasteiger partial charge in [0, 0.05) is 16.8 Å². The van der Waals surface area contributed by atoms with E-state index in [9.17, 15) is 4.79 Å². The summed E-state index contributed by atoms with van der Waals surface area (Å²) in [7, 11) is 0. The number of carbonyl (C=O) groups excluding carboxylic acids is 1. The van der Waals surface area contributed by atoms with Crippen molar-refractivity contribution in [3.8, 4) is 17.1 Å². The van der Waals surface area contributed by atoms with E-state index in [0.717, 1.165) is 34.1 Å². The minimum atomic E-state index is -0.0401. The first-order valence-corrected chi connectivity index (χ1v) is 11.5. The molecule has 0 amide bonds. The second-order valence-electron chi connectivity index (χ2n) is 9.01. The molecule has 5 heteroatoms. The summed E-state index contributed by atoms with van der Waals surface area (Å²) >= 11 is 1.11. The molecule has 4 aromatic rings. The molecular formula is C27H27N3OS. The summed E-state index contributed by atoms with van der Waals surface area (Å²) in [5, 5.41) is 9.40. The van der Waals surface area contributed by atoms with Gasteiger partial charge in [-0.3, -0.25) is 9.36 Å². The number of para-hydroxylation sites is 1. The molecule has 0 spiro atoms. The zero-order valence-electron chi connectivity index (χ0n) is 19.1. The summed E-state index contributed by atoms with van der Waals surface area (Å²) in [5.74, 6) is 0.715. The summed E-state index contributed by atoms with van der Waals surface area (Å²) < 4.78 is 1.96. The van der Waals surface area contributed by atoms with Crippen LogP contribution in [0, 0.1) is 13.8 Å². The van der Waals surface area contributed by atoms with Crippen molar-refractivity contribution in [2.24, 2.45) is 0 Å². The predicted molar refractivity (Wildman–Crippen MR) is 132 cm³/mol. The number of benzene rings is 3. The fourth-order valence-electron chi connectivity index (χ4n) is 3.63. The van der Waals surface area contributed by atoms with Crippen LogP contribution in [-0.2, 0) is 5.41 Å². The molecule has 3 aromatic carbocycles. The Morgan fingerprint density at radius 3 is 2.19 bits per heavy atom. The lowest BCUT2D eigenvalue weighted by molar-refractivity contribution is 0.108. The van der Waals surface area contributed by atoms with Crippen LogP contribution in [0.1, 0.15) is 47.8 Å². The van der Waals surface area contributed by atoms with Crippen molar-refractivity contribution in [2.75, 3.05) is 0 Å². The molecule has 0 N–H and O–H groups in total. The average Bonchev–Trinajstić information content (AvgIpc) is 3.17. The molecule has 0 aliphatic carbocycles. The van der Waals surface area contributed by atoms with Gasteiger partial charge in [-0.05, 0) is 60.4 Å². The van der Waals surface area contributed by atoms with Gasteiger partial charge in [0.25, 0.3) is 0 Å². The van der Waals surface area contributed by atoms with Crippen LogP contribution in [0.25, 0.3) is 17.1 Å². The van der Waals surface area contributed by atoms with Crippen LogP contribution >= 0.6 is 11.8 Å². The Bertz CT molecular complexity index is 1250. The third-order valence-corrected chi connectivity index (χ3v) is 6.29. The molecule has 0 aliphatic heterocycles. The maximum absolute atomic E-state index is 13.1. The Labute approximate surface area is 193 Å². The highest BCUT2D eigenvalue weighted by molar-refractivity contribution is 8.14. The fraction of sp³-hybridized carbons (Fsp3) is 0.222. The highest BCUT2D eigenvalue weighted by Crippen LogP contribution is 2.32. The minimum absolute atomic E-state index is 0.0401. The first-order valence-electron chi connectivity index (χ1n) is 10.7. The zero-order chi connectivity index (χ0) is 22.9. The molecule has 0 fully saturated rings. The number of hydrogen-bond acceptors (Lipinski definition) is 4. The number of nitrogens with zero attached hydrogens (tertiary/aromatic N) is 3. The molecule has 4 rings (SSSR count). The second kappa shape index (κ2) is 8.75. The monoisotopic (exact) mass is 441 g/mol. The molecule has 0 radical (unpaired) electrons. The van der Waals surface area contributed by atoms with Crippen LogP contribution in [0.4, 0.5) is 0 Å². The van der Waals surface area contributed by atoms with Gasteiger partial charge in [0.05, 0.1) is 0 Å². The summed E-state index contributed by atoms with van der Waals surface area (Å²) in [6, 6.07) is 24.2. The second-order valence-corrected chi connectivity index (χ2v) is 9.95. The summed E-state index contributed by atoms with van der Waals surface area (Å²) in [4.78, 5) is 13.1. The number of aryl methyl sites for hydroxylation is 2. The number of rotatable bonds is 4. The van der Waals surface area contributed by atoms with Gasteiger partial charge >= 0.3 is 0 Å². The van der Waals surface area contributed by atoms with E-state index >= 15 is 0 Å². The smallest absolute Gasteiger partial charge is 0.227 e. The van der Waals surface area contributed by atoms with E-state index in [4.69, 9.17) is 0 Å². The maximum atomic E-state index is 13.1. The van der Waals surface area contributed by atoms with Crippen molar-refractivity contribution < 1.29 is 4.79 Å². The molecule has 0 bridgehead atoms. The van der Waals surface area contributed by atoms with Gasteiger partial charge in [0.2, 0.25) is 10.3 Å². The maximum Gasteiger partial charge on any atom is 0.227 e. The van der Waals surface area contributed by atoms with Crippen molar-refractivity contribution >= 4 is 16.9 Å². The number of thioether (sulfide) groups is 1. The summed E-state index contributed by atoms with van der Waals surface area (Å²) in [6.45, 7) is 10.6. The van der Waals surface area contributed by atoms with Crippen LogP contribution < -0.4 is 0 Å². The number of hydrogen-bond donors (Lipinski definition) is 0. The van der Waals surface area contributed by atoms with Crippen LogP contribution in [-0.4, -0.2) is 19.9 Å². The molecule has 1 heterocycles. The number of carbonyl (C=O) groups is 1. The van der Waals surface area contributed by atoms with Crippen molar-refractivity contribution in [3.05, 3.63) is 95.1 Å². The van der Waals surface area contributed by atoms with Crippen molar-refractivity contribution in [1.82, 2.24) is 14.8 Å². The lowest BCUT2D eigenvalue weighted by atomic mass is 9.87. The van der Waals surface area contributed by atoms with E-state index in [1.165, 1.54) is 5.56 Å². The minimum Gasteiger partial charge on any atom is -0.281 e. The predicted octanol–water partition coefficient (Wildman–Crippen LogP) is 6.78. The third kappa shape index (κ3) is 4.53. The Balaban J connectivity index is 1.76. The molecule has 0 aliphatic rings. The first kappa shape index (κ1) is 22.0.